The topological polar surface area (TPSA) is 78.8 Å². The fraction of sp³-hybridized carbons (Fsp3) is 0.556. The zero-order valence-electron chi connectivity index (χ0n) is 15.8. The second-order valence-corrected chi connectivity index (χ2v) is 7.19. The normalized spacial score (nSPS) is 11.5. The van der Waals surface area contributed by atoms with E-state index in [9.17, 15) is 13.2 Å². The van der Waals surface area contributed by atoms with Crippen LogP contribution in [0.5, 0.6) is 0 Å². The van der Waals surface area contributed by atoms with Gasteiger partial charge in [-0.1, -0.05) is 38.3 Å². The van der Waals surface area contributed by atoms with Crippen molar-refractivity contribution in [2.24, 2.45) is 4.36 Å². The van der Waals surface area contributed by atoms with E-state index in [1.165, 1.54) is 0 Å². The molecule has 1 atom stereocenters. The molecule has 144 valence electrons. The van der Waals surface area contributed by atoms with Crippen LogP contribution in [0.4, 0.5) is 5.69 Å². The Balaban J connectivity index is 3.03. The quantitative estimate of drug-likeness (QED) is 0.534. The Morgan fingerprint density at radius 1 is 1.31 bits per heavy atom. The molecule has 0 heterocycles. The molecule has 6 nitrogen and oxygen atoms in total. The molecule has 0 saturated heterocycles. The van der Waals surface area contributed by atoms with Gasteiger partial charge in [-0.15, -0.1) is 4.36 Å². The minimum Gasteiger partial charge on any atom is -0.365 e. The van der Waals surface area contributed by atoms with Gasteiger partial charge in [0.1, 0.15) is 0 Å². The van der Waals surface area contributed by atoms with Crippen molar-refractivity contribution in [3.05, 3.63) is 29.3 Å². The number of thiocarbonyl (C=S) groups is 1. The van der Waals surface area contributed by atoms with Crippen molar-refractivity contribution < 1.29 is 13.2 Å². The van der Waals surface area contributed by atoms with E-state index in [-0.39, 0.29) is 5.91 Å². The third kappa shape index (κ3) is 6.49. The second kappa shape index (κ2) is 11.0. The average molecular weight is 398 g/mol. The summed E-state index contributed by atoms with van der Waals surface area (Å²) in [5, 5.41) is 3.28. The summed E-state index contributed by atoms with van der Waals surface area (Å²) in [4.78, 5) is 14.6. The van der Waals surface area contributed by atoms with Crippen LogP contribution in [-0.4, -0.2) is 37.9 Å². The van der Waals surface area contributed by atoms with E-state index in [4.69, 9.17) is 12.2 Å². The summed E-state index contributed by atoms with van der Waals surface area (Å²) in [5.41, 5.74) is 1.79. The maximum absolute atomic E-state index is 13.0. The van der Waals surface area contributed by atoms with E-state index in [2.05, 4.69) is 16.6 Å². The maximum Gasteiger partial charge on any atom is 0.316 e. The molecule has 26 heavy (non-hydrogen) atoms. The van der Waals surface area contributed by atoms with Crippen LogP contribution in [0.25, 0.3) is 0 Å². The molecule has 1 aromatic carbocycles. The van der Waals surface area contributed by atoms with Gasteiger partial charge in [0, 0.05) is 13.6 Å². The lowest BCUT2D eigenvalue weighted by Crippen LogP contribution is -2.44. The molecule has 0 radical (unpaired) electrons. The third-order valence-corrected chi connectivity index (χ3v) is 5.01. The number of nitrogens with one attached hydrogen (secondary N) is 1. The largest absolute Gasteiger partial charge is 0.365 e. The van der Waals surface area contributed by atoms with E-state index in [1.54, 1.807) is 37.9 Å². The lowest BCUT2D eigenvalue weighted by Gasteiger charge is -2.26. The number of benzene rings is 1. The van der Waals surface area contributed by atoms with E-state index >= 15 is 0 Å². The van der Waals surface area contributed by atoms with Gasteiger partial charge in [-0.2, -0.15) is 8.42 Å². The first-order valence-corrected chi connectivity index (χ1v) is 10.2. The Kier molecular flexibility index (Phi) is 9.43. The van der Waals surface area contributed by atoms with Crippen molar-refractivity contribution in [1.29, 1.82) is 0 Å². The van der Waals surface area contributed by atoms with Crippen LogP contribution >= 0.6 is 12.2 Å². The van der Waals surface area contributed by atoms with Gasteiger partial charge in [-0.3, -0.25) is 9.69 Å². The van der Waals surface area contributed by atoms with Gasteiger partial charge in [0.2, 0.25) is 5.91 Å². The number of nitrogens with zero attached hydrogens (tertiary/aromatic N) is 2. The van der Waals surface area contributed by atoms with Crippen molar-refractivity contribution in [1.82, 2.24) is 10.2 Å². The molecule has 0 bridgehead atoms. The van der Waals surface area contributed by atoms with Crippen LogP contribution in [0.15, 0.2) is 22.6 Å². The highest BCUT2D eigenvalue weighted by Crippen LogP contribution is 2.26. The smallest absolute Gasteiger partial charge is 0.316 e. The van der Waals surface area contributed by atoms with Crippen molar-refractivity contribution in [3.8, 4) is 0 Å². The summed E-state index contributed by atoms with van der Waals surface area (Å²) in [6.07, 6.45) is 4.18. The molecular formula is C18H27N3O3S2. The summed E-state index contributed by atoms with van der Waals surface area (Å²) < 4.78 is 25.3. The first-order valence-electron chi connectivity index (χ1n) is 8.76. The molecule has 1 rings (SSSR count). The molecule has 1 N–H and O–H groups in total. The van der Waals surface area contributed by atoms with E-state index in [0.29, 0.717) is 22.9 Å². The Hall–Kier alpha value is -1.80. The van der Waals surface area contributed by atoms with Crippen LogP contribution in [-0.2, 0) is 15.3 Å². The minimum absolute atomic E-state index is 0.112. The third-order valence-electron chi connectivity index (χ3n) is 4.24. The zero-order valence-corrected chi connectivity index (χ0v) is 17.4. The standard InChI is InChI=1S/C18H27N3O3S2/c1-5-6-7-8-11-21(18(25)19-4)17(22)14(3)15-10-9-13(2)16(12-15)20-26(23)24/h9-10,12,14H,5-8,11H2,1-4H3,(H,19,25). The highest BCUT2D eigenvalue weighted by Gasteiger charge is 2.24. The lowest BCUT2D eigenvalue weighted by molar-refractivity contribution is -0.128. The van der Waals surface area contributed by atoms with Gasteiger partial charge < -0.3 is 5.32 Å². The van der Waals surface area contributed by atoms with Gasteiger partial charge in [-0.05, 0) is 49.7 Å². The molecule has 0 aromatic heterocycles. The Labute approximate surface area is 162 Å². The summed E-state index contributed by atoms with van der Waals surface area (Å²) in [5.74, 6) is -0.569. The first kappa shape index (κ1) is 22.2. The number of carbonyl (C=O) groups is 1. The summed E-state index contributed by atoms with van der Waals surface area (Å²) in [7, 11) is -0.834. The van der Waals surface area contributed by atoms with Gasteiger partial charge in [0.05, 0.1) is 11.6 Å². The summed E-state index contributed by atoms with van der Waals surface area (Å²) >= 11 is 5.30. The Morgan fingerprint density at radius 2 is 2.00 bits per heavy atom. The van der Waals surface area contributed by atoms with Crippen LogP contribution in [0.2, 0.25) is 0 Å². The number of hydrogen-bond acceptors (Lipinski definition) is 5. The molecule has 0 aliphatic rings. The van der Waals surface area contributed by atoms with Crippen molar-refractivity contribution >= 4 is 39.4 Å². The number of amides is 1. The molecule has 0 aliphatic heterocycles. The van der Waals surface area contributed by atoms with Crippen molar-refractivity contribution in [3.63, 3.8) is 0 Å². The van der Waals surface area contributed by atoms with Gasteiger partial charge >= 0.3 is 10.5 Å². The van der Waals surface area contributed by atoms with E-state index < -0.39 is 16.4 Å². The number of hydrogen-bond donors (Lipinski definition) is 1. The highest BCUT2D eigenvalue weighted by molar-refractivity contribution is 7.80. The Bertz CT molecular complexity index is 768. The molecule has 0 spiro atoms. The minimum atomic E-state index is -2.53. The molecule has 0 fully saturated rings. The van der Waals surface area contributed by atoms with Crippen LogP contribution in [0.3, 0.4) is 0 Å². The van der Waals surface area contributed by atoms with Crippen molar-refractivity contribution in [2.75, 3.05) is 13.6 Å². The molecule has 8 heteroatoms. The highest BCUT2D eigenvalue weighted by atomic mass is 32.2. The second-order valence-electron chi connectivity index (χ2n) is 6.18. The molecule has 0 aliphatic carbocycles. The van der Waals surface area contributed by atoms with Gasteiger partial charge in [-0.25, -0.2) is 0 Å². The first-order chi connectivity index (χ1) is 12.3. The average Bonchev–Trinajstić information content (AvgIpc) is 2.61. The molecule has 1 amide bonds. The maximum atomic E-state index is 13.0. The van der Waals surface area contributed by atoms with Crippen LogP contribution < -0.4 is 5.32 Å². The van der Waals surface area contributed by atoms with Gasteiger partial charge in [0.15, 0.2) is 5.11 Å². The fourth-order valence-corrected chi connectivity index (χ4v) is 3.13. The number of aryl methyl sites for hydroxylation is 1. The molecular weight excluding hydrogens is 370 g/mol. The molecule has 1 unspecified atom stereocenters. The Morgan fingerprint density at radius 3 is 2.58 bits per heavy atom. The fourth-order valence-electron chi connectivity index (χ4n) is 2.59. The van der Waals surface area contributed by atoms with Crippen LogP contribution in [0.1, 0.15) is 56.6 Å². The predicted octanol–water partition coefficient (Wildman–Crippen LogP) is 3.71. The van der Waals surface area contributed by atoms with Crippen LogP contribution in [0, 0.1) is 6.92 Å². The molecule has 1 aromatic rings. The number of rotatable bonds is 8. The summed E-state index contributed by atoms with van der Waals surface area (Å²) in [6, 6.07) is 5.24. The van der Waals surface area contributed by atoms with Gasteiger partial charge in [0.25, 0.3) is 0 Å². The number of carbonyl (C=O) groups excluding carboxylic acids is 1. The lowest BCUT2D eigenvalue weighted by atomic mass is 9.97. The predicted molar refractivity (Wildman–Crippen MR) is 108 cm³/mol. The number of unbranched alkanes of at least 4 members (excludes halogenated alkanes) is 3. The zero-order chi connectivity index (χ0) is 19.7. The van der Waals surface area contributed by atoms with E-state index in [0.717, 1.165) is 31.2 Å². The van der Waals surface area contributed by atoms with E-state index in [1.807, 2.05) is 6.07 Å². The monoisotopic (exact) mass is 397 g/mol. The molecule has 0 saturated carbocycles. The SMILES string of the molecule is CCCCCCN(C(=O)C(C)c1ccc(C)c(N=S(=O)=O)c1)C(=S)NC. The van der Waals surface area contributed by atoms with Crippen molar-refractivity contribution in [2.45, 2.75) is 52.4 Å². The summed E-state index contributed by atoms with van der Waals surface area (Å²) in [6.45, 7) is 6.27.